The molecule has 1 N–H and O–H groups in total. The molecule has 0 aliphatic carbocycles. The molecule has 1 aliphatic heterocycles. The molecule has 0 bridgehead atoms. The second-order valence-corrected chi connectivity index (χ2v) is 1.94. The van der Waals surface area contributed by atoms with Gasteiger partial charge in [0.25, 0.3) is 0 Å². The van der Waals surface area contributed by atoms with Gasteiger partial charge in [0, 0.05) is 6.54 Å². The highest BCUT2D eigenvalue weighted by atomic mass is 15.1. The summed E-state index contributed by atoms with van der Waals surface area (Å²) in [6.07, 6.45) is 0. The molecule has 44 valence electrons. The number of amidine groups is 1. The van der Waals surface area contributed by atoms with Crippen LogP contribution in [-0.4, -0.2) is 18.9 Å². The summed E-state index contributed by atoms with van der Waals surface area (Å²) in [6.45, 7) is 7.58. The van der Waals surface area contributed by atoms with Gasteiger partial charge in [0.1, 0.15) is 5.84 Å². The topological polar surface area (TPSA) is 24.4 Å². The van der Waals surface area contributed by atoms with E-state index in [2.05, 4.69) is 16.9 Å². The Morgan fingerprint density at radius 3 is 2.88 bits per heavy atom. The highest BCUT2D eigenvalue weighted by Crippen LogP contribution is 1.93. The smallest absolute Gasteiger partial charge is 0.123 e. The maximum atomic E-state index is 4.14. The normalized spacial score (nSPS) is 17.4. The predicted octanol–water partition coefficient (Wildman–Crippen LogP) is 0.564. The van der Waals surface area contributed by atoms with Crippen LogP contribution in [0.25, 0.3) is 0 Å². The Labute approximate surface area is 49.3 Å². The first-order chi connectivity index (χ1) is 3.80. The molecule has 2 heteroatoms. The zero-order chi connectivity index (χ0) is 5.98. The summed E-state index contributed by atoms with van der Waals surface area (Å²) < 4.78 is 0. The van der Waals surface area contributed by atoms with Crippen molar-refractivity contribution in [1.29, 1.82) is 0 Å². The average Bonchev–Trinajstić information content (AvgIpc) is 2.12. The van der Waals surface area contributed by atoms with Crippen molar-refractivity contribution in [3.8, 4) is 0 Å². The molecule has 0 unspecified atom stereocenters. The lowest BCUT2D eigenvalue weighted by molar-refractivity contribution is 0.959. The van der Waals surface area contributed by atoms with E-state index in [1.165, 1.54) is 0 Å². The van der Waals surface area contributed by atoms with Crippen molar-refractivity contribution >= 4 is 5.84 Å². The minimum atomic E-state index is 0.905. The fraction of sp³-hybridized carbons (Fsp3) is 0.500. The van der Waals surface area contributed by atoms with Crippen molar-refractivity contribution in [2.75, 3.05) is 13.1 Å². The van der Waals surface area contributed by atoms with Crippen LogP contribution in [0.15, 0.2) is 17.1 Å². The third-order valence-corrected chi connectivity index (χ3v) is 1.08. The van der Waals surface area contributed by atoms with Gasteiger partial charge < -0.3 is 5.32 Å². The van der Waals surface area contributed by atoms with Gasteiger partial charge in [-0.2, -0.15) is 0 Å². The lowest BCUT2D eigenvalue weighted by Crippen LogP contribution is -2.18. The van der Waals surface area contributed by atoms with E-state index in [1.54, 1.807) is 0 Å². The second kappa shape index (κ2) is 1.99. The summed E-state index contributed by atoms with van der Waals surface area (Å²) in [6, 6.07) is 0. The van der Waals surface area contributed by atoms with E-state index in [9.17, 15) is 0 Å². The highest BCUT2D eigenvalue weighted by molar-refractivity contribution is 5.98. The van der Waals surface area contributed by atoms with Crippen molar-refractivity contribution in [3.05, 3.63) is 12.2 Å². The largest absolute Gasteiger partial charge is 0.368 e. The molecule has 0 spiro atoms. The van der Waals surface area contributed by atoms with Gasteiger partial charge in [0.2, 0.25) is 0 Å². The zero-order valence-corrected chi connectivity index (χ0v) is 5.07. The van der Waals surface area contributed by atoms with Crippen LogP contribution in [-0.2, 0) is 0 Å². The molecule has 1 aliphatic rings. The number of hydrogen-bond donors (Lipinski definition) is 1. The molecule has 0 atom stereocenters. The molecule has 0 saturated heterocycles. The zero-order valence-electron chi connectivity index (χ0n) is 5.07. The van der Waals surface area contributed by atoms with Crippen LogP contribution < -0.4 is 5.32 Å². The van der Waals surface area contributed by atoms with Crippen LogP contribution in [0.1, 0.15) is 6.92 Å². The molecule has 0 amide bonds. The van der Waals surface area contributed by atoms with E-state index in [-0.39, 0.29) is 0 Å². The van der Waals surface area contributed by atoms with Crippen LogP contribution in [0.5, 0.6) is 0 Å². The number of rotatable bonds is 1. The van der Waals surface area contributed by atoms with Gasteiger partial charge in [0.15, 0.2) is 0 Å². The summed E-state index contributed by atoms with van der Waals surface area (Å²) in [7, 11) is 0. The van der Waals surface area contributed by atoms with Crippen molar-refractivity contribution in [3.63, 3.8) is 0 Å². The first-order valence-electron chi connectivity index (χ1n) is 2.75. The minimum Gasteiger partial charge on any atom is -0.368 e. The van der Waals surface area contributed by atoms with Gasteiger partial charge in [-0.05, 0) is 12.5 Å². The number of nitrogens with one attached hydrogen (secondary N) is 1. The van der Waals surface area contributed by atoms with Crippen LogP contribution >= 0.6 is 0 Å². The van der Waals surface area contributed by atoms with Crippen LogP contribution in [0.3, 0.4) is 0 Å². The van der Waals surface area contributed by atoms with Gasteiger partial charge in [-0.3, -0.25) is 4.99 Å². The molecule has 1 rings (SSSR count). The maximum Gasteiger partial charge on any atom is 0.123 e. The van der Waals surface area contributed by atoms with E-state index in [4.69, 9.17) is 0 Å². The van der Waals surface area contributed by atoms with Gasteiger partial charge in [-0.1, -0.05) is 6.58 Å². The molecular formula is C6H10N2. The molecule has 0 fully saturated rings. The maximum absolute atomic E-state index is 4.14. The minimum absolute atomic E-state index is 0.905. The Bertz CT molecular complexity index is 135. The van der Waals surface area contributed by atoms with E-state index in [0.29, 0.717) is 0 Å². The molecule has 8 heavy (non-hydrogen) atoms. The van der Waals surface area contributed by atoms with E-state index in [1.807, 2.05) is 6.92 Å². The summed E-state index contributed by atoms with van der Waals surface area (Å²) in [5, 5.41) is 3.11. The van der Waals surface area contributed by atoms with Gasteiger partial charge in [-0.15, -0.1) is 0 Å². The Morgan fingerprint density at radius 2 is 2.62 bits per heavy atom. The lowest BCUT2D eigenvalue weighted by Gasteiger charge is -1.96. The Hall–Kier alpha value is -0.790. The van der Waals surface area contributed by atoms with Gasteiger partial charge >= 0.3 is 0 Å². The SMILES string of the molecule is C=C(C)C1=NCCN1. The number of aliphatic imine (C=N–C) groups is 1. The Balaban J connectivity index is 2.57. The fourth-order valence-electron chi connectivity index (χ4n) is 0.684. The standard InChI is InChI=1S/C6H10N2/c1-5(2)6-7-3-4-8-6/h1,3-4H2,2H3,(H,7,8). The fourth-order valence-corrected chi connectivity index (χ4v) is 0.684. The molecule has 1 heterocycles. The average molecular weight is 110 g/mol. The van der Waals surface area contributed by atoms with Crippen LogP contribution in [0.4, 0.5) is 0 Å². The Morgan fingerprint density at radius 1 is 1.88 bits per heavy atom. The van der Waals surface area contributed by atoms with E-state index >= 15 is 0 Å². The molecule has 0 aromatic rings. The first kappa shape index (κ1) is 5.35. The number of nitrogens with zero attached hydrogens (tertiary/aromatic N) is 1. The van der Waals surface area contributed by atoms with Crippen molar-refractivity contribution in [2.45, 2.75) is 6.92 Å². The Kier molecular flexibility index (Phi) is 1.33. The summed E-state index contributed by atoms with van der Waals surface area (Å²) in [5.41, 5.74) is 1.03. The molecule has 0 radical (unpaired) electrons. The van der Waals surface area contributed by atoms with Crippen LogP contribution in [0.2, 0.25) is 0 Å². The lowest BCUT2D eigenvalue weighted by atomic mass is 10.3. The van der Waals surface area contributed by atoms with Crippen LogP contribution in [0, 0.1) is 0 Å². The van der Waals surface area contributed by atoms with Gasteiger partial charge in [0.05, 0.1) is 6.54 Å². The molecule has 0 aromatic heterocycles. The third-order valence-electron chi connectivity index (χ3n) is 1.08. The van der Waals surface area contributed by atoms with Crippen molar-refractivity contribution in [2.24, 2.45) is 4.99 Å². The van der Waals surface area contributed by atoms with Crippen molar-refractivity contribution in [1.82, 2.24) is 5.32 Å². The molecular weight excluding hydrogens is 100 g/mol. The molecule has 0 aromatic carbocycles. The quantitative estimate of drug-likeness (QED) is 0.524. The summed E-state index contributed by atoms with van der Waals surface area (Å²) in [4.78, 5) is 4.14. The van der Waals surface area contributed by atoms with E-state index < -0.39 is 0 Å². The molecule has 0 saturated carbocycles. The highest BCUT2D eigenvalue weighted by Gasteiger charge is 2.02. The van der Waals surface area contributed by atoms with Crippen molar-refractivity contribution < 1.29 is 0 Å². The number of hydrogen-bond acceptors (Lipinski definition) is 2. The first-order valence-corrected chi connectivity index (χ1v) is 2.75. The predicted molar refractivity (Wildman–Crippen MR) is 35.1 cm³/mol. The monoisotopic (exact) mass is 110 g/mol. The van der Waals surface area contributed by atoms with E-state index in [0.717, 1.165) is 24.5 Å². The molecule has 2 nitrogen and oxygen atoms in total. The second-order valence-electron chi connectivity index (χ2n) is 1.94. The summed E-state index contributed by atoms with van der Waals surface area (Å²) in [5.74, 6) is 0.977. The van der Waals surface area contributed by atoms with Gasteiger partial charge in [-0.25, -0.2) is 0 Å². The third kappa shape index (κ3) is 0.886. The summed E-state index contributed by atoms with van der Waals surface area (Å²) >= 11 is 0.